The molecule has 5 N–H and O–H groups in total. The summed E-state index contributed by atoms with van der Waals surface area (Å²) in [5.41, 5.74) is 12.1. The Morgan fingerprint density at radius 1 is 1.16 bits per heavy atom. The number of nitrogens with one attached hydrogen (secondary N) is 1. The lowest BCUT2D eigenvalue weighted by atomic mass is 10.1. The summed E-state index contributed by atoms with van der Waals surface area (Å²) in [5, 5.41) is 4.73. The van der Waals surface area contributed by atoms with Gasteiger partial charge in [0.25, 0.3) is 5.91 Å². The molecule has 1 atom stereocenters. The second-order valence-corrected chi connectivity index (χ2v) is 4.82. The quantitative estimate of drug-likeness (QED) is 0.788. The molecule has 0 aliphatic carbocycles. The van der Waals surface area contributed by atoms with Gasteiger partial charge in [-0.25, -0.2) is 0 Å². The molecule has 2 aromatic rings. The first-order valence-corrected chi connectivity index (χ1v) is 6.46. The first-order valence-electron chi connectivity index (χ1n) is 5.58. The van der Waals surface area contributed by atoms with Gasteiger partial charge < -0.3 is 16.8 Å². The van der Waals surface area contributed by atoms with Gasteiger partial charge in [-0.15, -0.1) is 11.3 Å². The number of carbonyl (C=O) groups is 2. The molecule has 1 heterocycles. The molecule has 0 aliphatic rings. The average Bonchev–Trinajstić information content (AvgIpc) is 2.87. The topological polar surface area (TPSA) is 98.2 Å². The van der Waals surface area contributed by atoms with E-state index in [-0.39, 0.29) is 5.91 Å². The summed E-state index contributed by atoms with van der Waals surface area (Å²) in [7, 11) is 0. The van der Waals surface area contributed by atoms with Crippen molar-refractivity contribution in [3.8, 4) is 0 Å². The summed E-state index contributed by atoms with van der Waals surface area (Å²) >= 11 is 1.23. The van der Waals surface area contributed by atoms with Gasteiger partial charge in [-0.1, -0.05) is 30.3 Å². The van der Waals surface area contributed by atoms with Crippen molar-refractivity contribution < 1.29 is 9.59 Å². The van der Waals surface area contributed by atoms with E-state index in [1.807, 2.05) is 18.2 Å². The van der Waals surface area contributed by atoms with Crippen molar-refractivity contribution in [3.63, 3.8) is 0 Å². The number of rotatable bonds is 4. The highest BCUT2D eigenvalue weighted by Crippen LogP contribution is 2.24. The number of anilines is 1. The van der Waals surface area contributed by atoms with Gasteiger partial charge in [0.1, 0.15) is 11.0 Å². The van der Waals surface area contributed by atoms with Crippen LogP contribution in [0.2, 0.25) is 0 Å². The van der Waals surface area contributed by atoms with Crippen molar-refractivity contribution in [2.45, 2.75) is 6.04 Å². The smallest absolute Gasteiger partial charge is 0.251 e. The number of hydrogen-bond donors (Lipinski definition) is 3. The Morgan fingerprint density at radius 3 is 2.47 bits per heavy atom. The number of nitrogens with two attached hydrogens (primary N) is 2. The minimum atomic E-state index is -0.788. The molecule has 0 unspecified atom stereocenters. The molecule has 0 spiro atoms. The Labute approximate surface area is 114 Å². The average molecular weight is 275 g/mol. The van der Waals surface area contributed by atoms with E-state index in [0.29, 0.717) is 16.1 Å². The van der Waals surface area contributed by atoms with E-state index in [1.165, 1.54) is 11.3 Å². The molecule has 0 bridgehead atoms. The lowest BCUT2D eigenvalue weighted by Crippen LogP contribution is -2.28. The van der Waals surface area contributed by atoms with E-state index < -0.39 is 11.9 Å². The monoisotopic (exact) mass is 275 g/mol. The molecule has 6 heteroatoms. The first kappa shape index (κ1) is 13.3. The summed E-state index contributed by atoms with van der Waals surface area (Å²) in [6, 6.07) is 9.78. The second-order valence-electron chi connectivity index (χ2n) is 3.91. The van der Waals surface area contributed by atoms with Gasteiger partial charge in [0.15, 0.2) is 0 Å². The molecule has 19 heavy (non-hydrogen) atoms. The Morgan fingerprint density at radius 2 is 1.84 bits per heavy atom. The number of thiophene rings is 1. The van der Waals surface area contributed by atoms with Crippen LogP contribution in [-0.2, 0) is 4.79 Å². The maximum absolute atomic E-state index is 12.0. The van der Waals surface area contributed by atoms with E-state index in [9.17, 15) is 9.59 Å². The maximum atomic E-state index is 12.0. The molecule has 1 aromatic heterocycles. The van der Waals surface area contributed by atoms with Crippen molar-refractivity contribution in [1.29, 1.82) is 0 Å². The van der Waals surface area contributed by atoms with Crippen molar-refractivity contribution in [1.82, 2.24) is 0 Å². The lowest BCUT2D eigenvalue weighted by Gasteiger charge is -2.12. The van der Waals surface area contributed by atoms with Gasteiger partial charge in [0.2, 0.25) is 5.91 Å². The number of benzene rings is 1. The van der Waals surface area contributed by atoms with Crippen molar-refractivity contribution in [2.75, 3.05) is 5.32 Å². The highest BCUT2D eigenvalue weighted by atomic mass is 32.1. The molecule has 0 saturated carbocycles. The fourth-order valence-electron chi connectivity index (χ4n) is 1.60. The molecule has 98 valence electrons. The third-order valence-electron chi connectivity index (χ3n) is 2.61. The molecule has 2 rings (SSSR count). The highest BCUT2D eigenvalue weighted by molar-refractivity contribution is 7.14. The SMILES string of the molecule is NC(=O)c1ccsc1NC(=O)[C@H](N)c1ccccc1. The largest absolute Gasteiger partial charge is 0.366 e. The number of amides is 2. The van der Waals surface area contributed by atoms with Crippen LogP contribution < -0.4 is 16.8 Å². The molecular formula is C13H13N3O2S. The number of primary amides is 1. The Balaban J connectivity index is 2.13. The van der Waals surface area contributed by atoms with Crippen LogP contribution in [0.1, 0.15) is 22.0 Å². The van der Waals surface area contributed by atoms with Gasteiger partial charge in [-0.3, -0.25) is 9.59 Å². The molecule has 0 aliphatic heterocycles. The van der Waals surface area contributed by atoms with E-state index in [4.69, 9.17) is 11.5 Å². The molecule has 5 nitrogen and oxygen atoms in total. The van der Waals surface area contributed by atoms with Crippen LogP contribution in [0, 0.1) is 0 Å². The summed E-state index contributed by atoms with van der Waals surface area (Å²) in [5.74, 6) is -0.957. The second kappa shape index (κ2) is 5.64. The Kier molecular flexibility index (Phi) is 3.94. The van der Waals surface area contributed by atoms with Crippen LogP contribution in [0.4, 0.5) is 5.00 Å². The molecule has 2 amide bonds. The zero-order valence-electron chi connectivity index (χ0n) is 10.00. The van der Waals surface area contributed by atoms with Crippen LogP contribution >= 0.6 is 11.3 Å². The lowest BCUT2D eigenvalue weighted by molar-refractivity contribution is -0.117. The fourth-order valence-corrected chi connectivity index (χ4v) is 2.40. The van der Waals surface area contributed by atoms with Crippen LogP contribution in [0.3, 0.4) is 0 Å². The summed E-state index contributed by atoms with van der Waals surface area (Å²) < 4.78 is 0. The van der Waals surface area contributed by atoms with Crippen LogP contribution in [0.25, 0.3) is 0 Å². The van der Waals surface area contributed by atoms with E-state index in [2.05, 4.69) is 5.32 Å². The highest BCUT2D eigenvalue weighted by Gasteiger charge is 2.18. The van der Waals surface area contributed by atoms with Crippen LogP contribution in [-0.4, -0.2) is 11.8 Å². The van der Waals surface area contributed by atoms with Crippen LogP contribution in [0.15, 0.2) is 41.8 Å². The minimum absolute atomic E-state index is 0.290. The predicted molar refractivity (Wildman–Crippen MR) is 74.8 cm³/mol. The Bertz CT molecular complexity index is 595. The predicted octanol–water partition coefficient (Wildman–Crippen LogP) is 1.49. The number of hydrogen-bond acceptors (Lipinski definition) is 4. The zero-order valence-corrected chi connectivity index (χ0v) is 10.8. The zero-order chi connectivity index (χ0) is 13.8. The van der Waals surface area contributed by atoms with Crippen molar-refractivity contribution >= 4 is 28.2 Å². The van der Waals surface area contributed by atoms with Gasteiger partial charge in [-0.2, -0.15) is 0 Å². The minimum Gasteiger partial charge on any atom is -0.366 e. The van der Waals surface area contributed by atoms with Gasteiger partial charge >= 0.3 is 0 Å². The van der Waals surface area contributed by atoms with Gasteiger partial charge in [0.05, 0.1) is 5.56 Å². The molecular weight excluding hydrogens is 262 g/mol. The van der Waals surface area contributed by atoms with E-state index >= 15 is 0 Å². The molecule has 1 aromatic carbocycles. The number of carbonyl (C=O) groups excluding carboxylic acids is 2. The third-order valence-corrected chi connectivity index (χ3v) is 3.44. The van der Waals surface area contributed by atoms with E-state index in [0.717, 1.165) is 0 Å². The van der Waals surface area contributed by atoms with E-state index in [1.54, 1.807) is 23.6 Å². The summed E-state index contributed by atoms with van der Waals surface area (Å²) in [6.07, 6.45) is 0. The van der Waals surface area contributed by atoms with Crippen molar-refractivity contribution in [3.05, 3.63) is 52.9 Å². The fraction of sp³-hybridized carbons (Fsp3) is 0.0769. The third kappa shape index (κ3) is 2.98. The van der Waals surface area contributed by atoms with Crippen LogP contribution in [0.5, 0.6) is 0 Å². The van der Waals surface area contributed by atoms with Gasteiger partial charge in [0, 0.05) is 0 Å². The van der Waals surface area contributed by atoms with Gasteiger partial charge in [-0.05, 0) is 17.0 Å². The molecule has 0 saturated heterocycles. The molecule has 0 fully saturated rings. The normalized spacial score (nSPS) is 11.8. The Hall–Kier alpha value is -2.18. The standard InChI is InChI=1S/C13H13N3O2S/c14-10(8-4-2-1-3-5-8)12(18)16-13-9(11(15)17)6-7-19-13/h1-7,10H,14H2,(H2,15,17)(H,16,18)/t10-/m1/s1. The summed E-state index contributed by atoms with van der Waals surface area (Å²) in [6.45, 7) is 0. The summed E-state index contributed by atoms with van der Waals surface area (Å²) in [4.78, 5) is 23.2. The van der Waals surface area contributed by atoms with Crippen molar-refractivity contribution in [2.24, 2.45) is 11.5 Å². The first-order chi connectivity index (χ1) is 9.09. The molecule has 0 radical (unpaired) electrons. The maximum Gasteiger partial charge on any atom is 0.251 e.